The first-order chi connectivity index (χ1) is 26.8. The molecule has 0 saturated heterocycles. The van der Waals surface area contributed by atoms with Crippen LogP contribution in [-0.4, -0.2) is 4.57 Å². The summed E-state index contributed by atoms with van der Waals surface area (Å²) in [7, 11) is 0. The molecule has 0 amide bonds. The summed E-state index contributed by atoms with van der Waals surface area (Å²) in [6.07, 6.45) is 0. The molecule has 254 valence electrons. The van der Waals surface area contributed by atoms with Gasteiger partial charge in [-0.05, 0) is 99.4 Å². The van der Waals surface area contributed by atoms with Crippen molar-refractivity contribution in [3.8, 4) is 39.1 Å². The molecule has 0 spiro atoms. The van der Waals surface area contributed by atoms with Crippen LogP contribution in [0.3, 0.4) is 0 Å². The smallest absolute Gasteiger partial charge is 0.0619 e. The number of nitrogens with zero attached hydrogens (tertiary/aromatic N) is 2. The number of hydrogen-bond donors (Lipinski definition) is 0. The van der Waals surface area contributed by atoms with Gasteiger partial charge in [-0.25, -0.2) is 0 Å². The molecule has 2 heteroatoms. The van der Waals surface area contributed by atoms with Crippen LogP contribution in [0.15, 0.2) is 218 Å². The van der Waals surface area contributed by atoms with E-state index in [2.05, 4.69) is 228 Å². The van der Waals surface area contributed by atoms with Crippen LogP contribution in [-0.2, 0) is 0 Å². The van der Waals surface area contributed by atoms with E-state index in [1.165, 1.54) is 71.6 Å². The van der Waals surface area contributed by atoms with Gasteiger partial charge >= 0.3 is 0 Å². The van der Waals surface area contributed by atoms with E-state index in [0.717, 1.165) is 17.1 Å². The second-order valence-corrected chi connectivity index (χ2v) is 13.8. The topological polar surface area (TPSA) is 8.17 Å². The minimum Gasteiger partial charge on any atom is -0.310 e. The Kier molecular flexibility index (Phi) is 7.85. The first kappa shape index (κ1) is 31.6. The van der Waals surface area contributed by atoms with Crippen molar-refractivity contribution in [1.82, 2.24) is 4.57 Å². The molecule has 0 aliphatic carbocycles. The number of hydrogen-bond acceptors (Lipinski definition) is 1. The summed E-state index contributed by atoms with van der Waals surface area (Å²) in [5.74, 6) is 0. The van der Waals surface area contributed by atoms with Crippen LogP contribution in [0.1, 0.15) is 0 Å². The fourth-order valence-corrected chi connectivity index (χ4v) is 7.95. The maximum Gasteiger partial charge on any atom is 0.0619 e. The van der Waals surface area contributed by atoms with Crippen LogP contribution in [0.2, 0.25) is 0 Å². The minimum atomic E-state index is 1.10. The molecular formula is C52H36N2. The Balaban J connectivity index is 1.08. The second-order valence-electron chi connectivity index (χ2n) is 13.8. The Bertz CT molecular complexity index is 2810. The van der Waals surface area contributed by atoms with Gasteiger partial charge in [0.05, 0.1) is 11.0 Å². The van der Waals surface area contributed by atoms with Gasteiger partial charge in [0, 0.05) is 38.9 Å². The number of anilines is 3. The summed E-state index contributed by atoms with van der Waals surface area (Å²) in [4.78, 5) is 2.36. The molecule has 0 saturated carbocycles. The Labute approximate surface area is 315 Å². The lowest BCUT2D eigenvalue weighted by molar-refractivity contribution is 1.19. The van der Waals surface area contributed by atoms with E-state index < -0.39 is 0 Å². The standard InChI is InChI=1S/C52H36N2/c1-4-13-37(14-5-1)39-23-29-45(30-24-39)53(46-31-25-40(26-32-46)38-15-6-2-7-16-38)47-20-12-17-41(36-47)42-27-33-48-43(35-42)28-34-50-49-21-10-11-22-51(49)54(52(48)50)44-18-8-3-9-19-44/h1-36H. The molecule has 9 aromatic carbocycles. The highest BCUT2D eigenvalue weighted by Crippen LogP contribution is 2.41. The largest absolute Gasteiger partial charge is 0.310 e. The molecule has 0 aliphatic rings. The molecule has 0 N–H and O–H groups in total. The average molecular weight is 689 g/mol. The zero-order valence-corrected chi connectivity index (χ0v) is 29.7. The highest BCUT2D eigenvalue weighted by atomic mass is 15.1. The molecule has 1 heterocycles. The fraction of sp³-hybridized carbons (Fsp3) is 0. The third kappa shape index (κ3) is 5.62. The first-order valence-corrected chi connectivity index (χ1v) is 18.5. The minimum absolute atomic E-state index is 1.10. The molecule has 0 unspecified atom stereocenters. The summed E-state index contributed by atoms with van der Waals surface area (Å²) < 4.78 is 2.41. The van der Waals surface area contributed by atoms with Crippen molar-refractivity contribution < 1.29 is 0 Å². The lowest BCUT2D eigenvalue weighted by atomic mass is 9.98. The van der Waals surface area contributed by atoms with Crippen LogP contribution in [0.4, 0.5) is 17.1 Å². The van der Waals surface area contributed by atoms with Gasteiger partial charge in [-0.15, -0.1) is 0 Å². The molecule has 1 aromatic heterocycles. The highest BCUT2D eigenvalue weighted by Gasteiger charge is 2.17. The second kappa shape index (κ2) is 13.4. The van der Waals surface area contributed by atoms with Crippen LogP contribution < -0.4 is 4.90 Å². The molecular weight excluding hydrogens is 653 g/mol. The quantitative estimate of drug-likeness (QED) is 0.162. The van der Waals surface area contributed by atoms with Crippen molar-refractivity contribution in [2.24, 2.45) is 0 Å². The van der Waals surface area contributed by atoms with Crippen LogP contribution in [0, 0.1) is 0 Å². The van der Waals surface area contributed by atoms with Crippen LogP contribution in [0.5, 0.6) is 0 Å². The normalized spacial score (nSPS) is 11.3. The molecule has 2 nitrogen and oxygen atoms in total. The molecule has 0 bridgehead atoms. The lowest BCUT2D eigenvalue weighted by Gasteiger charge is -2.26. The van der Waals surface area contributed by atoms with E-state index in [0.29, 0.717) is 0 Å². The van der Waals surface area contributed by atoms with Crippen molar-refractivity contribution in [1.29, 1.82) is 0 Å². The number of aromatic nitrogens is 1. The molecule has 10 aromatic rings. The molecule has 0 fully saturated rings. The molecule has 0 aliphatic heterocycles. The number of fused-ring (bicyclic) bond motifs is 5. The third-order valence-electron chi connectivity index (χ3n) is 10.6. The summed E-state index contributed by atoms with van der Waals surface area (Å²) in [6, 6.07) is 78.8. The molecule has 54 heavy (non-hydrogen) atoms. The fourth-order valence-electron chi connectivity index (χ4n) is 7.95. The summed E-state index contributed by atoms with van der Waals surface area (Å²) in [5, 5.41) is 4.99. The predicted molar refractivity (Wildman–Crippen MR) is 229 cm³/mol. The SMILES string of the molecule is c1ccc(-c2ccc(N(c3ccc(-c4ccccc4)cc3)c3cccc(-c4ccc5c(ccc6c7ccccc7n(-c7ccccc7)c56)c4)c3)cc2)cc1. The Morgan fingerprint density at radius 3 is 1.44 bits per heavy atom. The van der Waals surface area contributed by atoms with E-state index in [1.54, 1.807) is 0 Å². The van der Waals surface area contributed by atoms with Crippen LogP contribution in [0.25, 0.3) is 71.6 Å². The molecule has 10 rings (SSSR count). The van der Waals surface area contributed by atoms with Gasteiger partial charge < -0.3 is 9.47 Å². The Morgan fingerprint density at radius 1 is 0.296 bits per heavy atom. The third-order valence-corrected chi connectivity index (χ3v) is 10.6. The monoisotopic (exact) mass is 688 g/mol. The van der Waals surface area contributed by atoms with Gasteiger partial charge in [-0.1, -0.05) is 158 Å². The summed E-state index contributed by atoms with van der Waals surface area (Å²) in [5.41, 5.74) is 14.1. The maximum absolute atomic E-state index is 2.41. The number of rotatable bonds is 7. The van der Waals surface area contributed by atoms with E-state index in [9.17, 15) is 0 Å². The highest BCUT2D eigenvalue weighted by molar-refractivity contribution is 6.19. The Morgan fingerprint density at radius 2 is 0.796 bits per heavy atom. The Hall–Kier alpha value is -7.16. The van der Waals surface area contributed by atoms with Gasteiger partial charge in [0.25, 0.3) is 0 Å². The van der Waals surface area contributed by atoms with E-state index in [1.807, 2.05) is 0 Å². The number of benzene rings is 9. The predicted octanol–water partition coefficient (Wildman–Crippen LogP) is 14.4. The first-order valence-electron chi connectivity index (χ1n) is 18.5. The molecule has 0 atom stereocenters. The molecule has 0 radical (unpaired) electrons. The van der Waals surface area contributed by atoms with E-state index in [-0.39, 0.29) is 0 Å². The zero-order valence-electron chi connectivity index (χ0n) is 29.7. The van der Waals surface area contributed by atoms with Crippen molar-refractivity contribution in [2.45, 2.75) is 0 Å². The lowest BCUT2D eigenvalue weighted by Crippen LogP contribution is -2.10. The van der Waals surface area contributed by atoms with Gasteiger partial charge in [0.1, 0.15) is 0 Å². The summed E-state index contributed by atoms with van der Waals surface area (Å²) in [6.45, 7) is 0. The van der Waals surface area contributed by atoms with Gasteiger partial charge in [0.15, 0.2) is 0 Å². The van der Waals surface area contributed by atoms with E-state index in [4.69, 9.17) is 0 Å². The zero-order chi connectivity index (χ0) is 35.8. The van der Waals surface area contributed by atoms with Gasteiger partial charge in [-0.3, -0.25) is 0 Å². The van der Waals surface area contributed by atoms with Crippen molar-refractivity contribution >= 4 is 49.6 Å². The maximum atomic E-state index is 2.41. The van der Waals surface area contributed by atoms with Crippen molar-refractivity contribution in [2.75, 3.05) is 4.90 Å². The van der Waals surface area contributed by atoms with E-state index >= 15 is 0 Å². The van der Waals surface area contributed by atoms with Gasteiger partial charge in [-0.2, -0.15) is 0 Å². The average Bonchev–Trinajstić information content (AvgIpc) is 3.60. The van der Waals surface area contributed by atoms with Crippen molar-refractivity contribution in [3.63, 3.8) is 0 Å². The van der Waals surface area contributed by atoms with Crippen LogP contribution >= 0.6 is 0 Å². The van der Waals surface area contributed by atoms with Crippen molar-refractivity contribution in [3.05, 3.63) is 218 Å². The van der Waals surface area contributed by atoms with Gasteiger partial charge in [0.2, 0.25) is 0 Å². The summed E-state index contributed by atoms with van der Waals surface area (Å²) >= 11 is 0. The number of para-hydroxylation sites is 2.